The molecule has 33 heteroatoms. The predicted molar refractivity (Wildman–Crippen MR) is 264 cm³/mol. The molecule has 8 atom stereocenters. The Hall–Kier alpha value is -7.23. The zero-order chi connectivity index (χ0) is 57.9. The molecule has 0 bridgehead atoms. The number of aliphatic carboxylic acids is 1. The van der Waals surface area contributed by atoms with Crippen LogP contribution in [0, 0.1) is 9.81 Å². The molecule has 1 heterocycles. The smallest absolute Gasteiger partial charge is 0.335 e. The molecule has 8 unspecified atom stereocenters. The predicted octanol–water partition coefficient (Wildman–Crippen LogP) is -4.67. The molecule has 0 radical (unpaired) electrons. The first-order chi connectivity index (χ1) is 36.6. The zero-order valence-electron chi connectivity index (χ0n) is 42.9. The molecule has 0 aromatic carbocycles. The summed E-state index contributed by atoms with van der Waals surface area (Å²) in [5.41, 5.74) is 5.27. The van der Waals surface area contributed by atoms with Gasteiger partial charge in [0.15, 0.2) is 6.10 Å². The highest BCUT2D eigenvalue weighted by Gasteiger charge is 2.37. The highest BCUT2D eigenvalue weighted by molar-refractivity contribution is 5.98. The number of nitroso groups, excluding NO2 is 2. The van der Waals surface area contributed by atoms with E-state index < -0.39 is 165 Å². The Bertz CT molecular complexity index is 1970. The van der Waals surface area contributed by atoms with E-state index in [-0.39, 0.29) is 55.5 Å². The van der Waals surface area contributed by atoms with E-state index >= 15 is 0 Å². The molecule has 10 amide bonds. The van der Waals surface area contributed by atoms with Crippen molar-refractivity contribution in [2.75, 3.05) is 39.4 Å². The van der Waals surface area contributed by atoms with Crippen LogP contribution in [0.1, 0.15) is 122 Å². The fourth-order valence-corrected chi connectivity index (χ4v) is 7.51. The van der Waals surface area contributed by atoms with Gasteiger partial charge in [-0.05, 0) is 51.4 Å². The van der Waals surface area contributed by atoms with Gasteiger partial charge in [-0.3, -0.25) is 58.4 Å². The average molecular weight is 1110 g/mol. The Balaban J connectivity index is 3.45. The van der Waals surface area contributed by atoms with E-state index in [9.17, 15) is 93.4 Å². The first kappa shape index (κ1) is 67.8. The number of hydrogen-bond acceptors (Lipinski definition) is 20. The lowest BCUT2D eigenvalue weighted by Gasteiger charge is -2.27. The van der Waals surface area contributed by atoms with E-state index in [2.05, 4.69) is 60.0 Å². The number of hydrogen-bond donors (Lipinski definition) is 16. The summed E-state index contributed by atoms with van der Waals surface area (Å²) in [5, 5.41) is 84.0. The zero-order valence-corrected chi connectivity index (χ0v) is 42.9. The summed E-state index contributed by atoms with van der Waals surface area (Å²) in [6.45, 7) is -2.24. The van der Waals surface area contributed by atoms with Crippen molar-refractivity contribution in [3.63, 3.8) is 0 Å². The molecule has 1 fully saturated rings. The van der Waals surface area contributed by atoms with Crippen LogP contribution < -0.4 is 53.6 Å². The van der Waals surface area contributed by atoms with Gasteiger partial charge in [-0.15, -0.1) is 20.2 Å². The van der Waals surface area contributed by atoms with Gasteiger partial charge >= 0.3 is 5.97 Å². The molecule has 77 heavy (non-hydrogen) atoms. The number of rotatable bonds is 34. The van der Waals surface area contributed by atoms with Crippen LogP contribution in [0.5, 0.6) is 0 Å². The monoisotopic (exact) mass is 1100 g/mol. The van der Waals surface area contributed by atoms with E-state index in [0.717, 1.165) is 44.9 Å². The van der Waals surface area contributed by atoms with Crippen molar-refractivity contribution in [2.24, 2.45) is 16.3 Å². The molecule has 0 aromatic rings. The van der Waals surface area contributed by atoms with Gasteiger partial charge < -0.3 is 74.0 Å². The lowest BCUT2D eigenvalue weighted by Crippen LogP contribution is -2.62. The second kappa shape index (κ2) is 38.3. The Morgan fingerprint density at radius 2 is 1.16 bits per heavy atom. The molecule has 1 saturated heterocycles. The largest absolute Gasteiger partial charge is 0.479 e. The molecule has 0 aromatic heterocycles. The van der Waals surface area contributed by atoms with Crippen molar-refractivity contribution in [3.8, 4) is 0 Å². The average Bonchev–Trinajstić information content (AvgIpc) is 3.39. The highest BCUT2D eigenvalue weighted by Crippen LogP contribution is 2.12. The minimum absolute atomic E-state index is 0.0217. The van der Waals surface area contributed by atoms with Gasteiger partial charge in [0.1, 0.15) is 42.3 Å². The Morgan fingerprint density at radius 3 is 1.70 bits per heavy atom. The maximum absolute atomic E-state index is 14.1. The summed E-state index contributed by atoms with van der Waals surface area (Å²) >= 11 is 0. The number of unbranched alkanes of at least 4 members (excludes halogenated alkanes) is 8. The van der Waals surface area contributed by atoms with E-state index in [1.54, 1.807) is 0 Å². The number of carboxylic acid groups (broad SMARTS) is 1. The van der Waals surface area contributed by atoms with Crippen LogP contribution in [-0.4, -0.2) is 194 Å². The fraction of sp³-hybridized carbons (Fsp3) is 0.750. The molecule has 1 aliphatic heterocycles. The van der Waals surface area contributed by atoms with Crippen LogP contribution >= 0.6 is 0 Å². The third kappa shape index (κ3) is 27.9. The third-order valence-electron chi connectivity index (χ3n) is 11.8. The fourth-order valence-electron chi connectivity index (χ4n) is 7.51. The summed E-state index contributed by atoms with van der Waals surface area (Å²) in [7, 11) is 0. The minimum Gasteiger partial charge on any atom is -0.479 e. The molecule has 1 aliphatic rings. The Labute approximate surface area is 442 Å². The number of amides is 10. The summed E-state index contributed by atoms with van der Waals surface area (Å²) < 4.78 is 0. The van der Waals surface area contributed by atoms with Gasteiger partial charge in [0.2, 0.25) is 59.1 Å². The number of nitrogens with one attached hydrogen (secondary N) is 9. The lowest BCUT2D eigenvalue weighted by molar-refractivity contribution is -0.152. The maximum Gasteiger partial charge on any atom is 0.335 e. The van der Waals surface area contributed by atoms with Crippen molar-refractivity contribution in [3.05, 3.63) is 9.81 Å². The number of aliphatic hydroxyl groups excluding tert-OH is 3. The number of carbonyl (C=O) groups excluding carboxylic acids is 10. The number of hydroxylamine groups is 2. The first-order valence-electron chi connectivity index (χ1n) is 25.3. The summed E-state index contributed by atoms with van der Waals surface area (Å²) in [5.74, 6) is -12.8. The summed E-state index contributed by atoms with van der Waals surface area (Å²) in [6, 6.07) is -12.6. The Morgan fingerprint density at radius 1 is 0.649 bits per heavy atom. The van der Waals surface area contributed by atoms with Gasteiger partial charge in [0.05, 0.1) is 43.4 Å². The Kier molecular flexibility index (Phi) is 33.7. The topological polar surface area (TPSA) is 509 Å². The number of carboxylic acids is 1. The molecule has 436 valence electrons. The molecular formula is C44H76N14O19. The van der Waals surface area contributed by atoms with Crippen LogP contribution in [0.15, 0.2) is 10.6 Å². The normalized spacial score (nSPS) is 19.3. The number of nitrogens with two attached hydrogens (primary N) is 1. The molecule has 0 spiro atoms. The van der Waals surface area contributed by atoms with Crippen molar-refractivity contribution in [1.82, 2.24) is 58.2 Å². The maximum atomic E-state index is 14.1. The second-order valence-corrected chi connectivity index (χ2v) is 18.0. The van der Waals surface area contributed by atoms with E-state index in [0.29, 0.717) is 12.8 Å². The van der Waals surface area contributed by atoms with Gasteiger partial charge in [0, 0.05) is 19.4 Å². The van der Waals surface area contributed by atoms with Crippen LogP contribution in [0.4, 0.5) is 0 Å². The molecule has 0 saturated carbocycles. The SMILES string of the molecule is CCCCCCCCCCCC(=O)NC(C(=O)NC(CO)C(=O)NC(CO)C(=O)NC1CCCNC(=O)C(CCCN(O)N=O)NC(=O)CNC(=O)C(CCC(N)=O)NC(=O)C(CCCN(O)N=O)NC1=O)C(O)C(=O)O. The molecular weight excluding hydrogens is 1030 g/mol. The second-order valence-electron chi connectivity index (χ2n) is 18.0. The van der Waals surface area contributed by atoms with Crippen molar-refractivity contribution < 1.29 is 83.6 Å². The van der Waals surface area contributed by atoms with Crippen LogP contribution in [0.2, 0.25) is 0 Å². The third-order valence-corrected chi connectivity index (χ3v) is 11.8. The molecule has 1 rings (SSSR count). The summed E-state index contributed by atoms with van der Waals surface area (Å²) in [4.78, 5) is 166. The van der Waals surface area contributed by atoms with Gasteiger partial charge in [-0.1, -0.05) is 58.3 Å². The number of carbonyl (C=O) groups is 11. The molecule has 0 aliphatic carbocycles. The van der Waals surface area contributed by atoms with E-state index in [1.165, 1.54) is 0 Å². The number of primary amides is 1. The minimum atomic E-state index is -2.53. The van der Waals surface area contributed by atoms with Gasteiger partial charge in [-0.25, -0.2) is 4.79 Å². The van der Waals surface area contributed by atoms with Gasteiger partial charge in [0.25, 0.3) is 0 Å². The van der Waals surface area contributed by atoms with E-state index in [1.807, 2.05) is 5.32 Å². The summed E-state index contributed by atoms with van der Waals surface area (Å²) in [6.07, 6.45) is 3.17. The highest BCUT2D eigenvalue weighted by atomic mass is 16.6. The van der Waals surface area contributed by atoms with E-state index in [4.69, 9.17) is 5.73 Å². The van der Waals surface area contributed by atoms with Crippen molar-refractivity contribution in [1.29, 1.82) is 0 Å². The first-order valence-corrected chi connectivity index (χ1v) is 25.3. The van der Waals surface area contributed by atoms with Crippen LogP contribution in [0.25, 0.3) is 0 Å². The number of aliphatic hydroxyl groups is 3. The van der Waals surface area contributed by atoms with Crippen molar-refractivity contribution in [2.45, 2.75) is 171 Å². The quantitative estimate of drug-likeness (QED) is 0.0164. The molecule has 17 N–H and O–H groups in total. The lowest BCUT2D eigenvalue weighted by atomic mass is 10.0. The van der Waals surface area contributed by atoms with Crippen molar-refractivity contribution >= 4 is 65.0 Å². The van der Waals surface area contributed by atoms with Crippen LogP contribution in [-0.2, 0) is 52.7 Å². The van der Waals surface area contributed by atoms with Gasteiger partial charge in [-0.2, -0.15) is 0 Å². The van der Waals surface area contributed by atoms with Crippen LogP contribution in [0.3, 0.4) is 0 Å². The number of nitrogens with zero attached hydrogens (tertiary/aromatic N) is 4. The standard InChI is InChI=1S/C44H76N14O19/c1-2-3-4-5-6-7-8-9-10-17-33(62)54-35(36(64)44(72)73)43(71)53-31(25-60)42(70)52-30(24-59)41(69)50-27-14-11-20-46-37(65)26(15-12-21-57(76)55-74)48-34(63)23-47-38(66)29(18-19-32(45)61)51-40(68)28(49-39(27)67)16-13-22-58(77)56-75/h26-31,35-36,59-60,64,76-77H,2-25H2,1H3,(H2,45,61)(H,46,65)(H,47,66)(H,48,63)(H,49,67)(H,50,69)(H,51,68)(H,52,70)(H,53,71)(H,54,62)(H,72,73). The molecule has 33 nitrogen and oxygen atoms in total.